The van der Waals surface area contributed by atoms with Crippen molar-refractivity contribution < 1.29 is 9.21 Å². The van der Waals surface area contributed by atoms with Crippen molar-refractivity contribution in [3.63, 3.8) is 0 Å². The molecule has 0 bridgehead atoms. The fraction of sp³-hybridized carbons (Fsp3) is 0.462. The van der Waals surface area contributed by atoms with E-state index in [0.29, 0.717) is 10.1 Å². The van der Waals surface area contributed by atoms with Crippen LogP contribution in [-0.2, 0) is 0 Å². The minimum absolute atomic E-state index is 0.202. The first-order valence-electron chi connectivity index (χ1n) is 6.54. The van der Waals surface area contributed by atoms with E-state index >= 15 is 0 Å². The number of aryl methyl sites for hydroxylation is 1. The Morgan fingerprint density at radius 2 is 2.25 bits per heavy atom. The molecule has 0 saturated heterocycles. The third-order valence-corrected chi connectivity index (χ3v) is 3.56. The summed E-state index contributed by atoms with van der Waals surface area (Å²) in [5.41, 5.74) is 0. The van der Waals surface area contributed by atoms with E-state index in [1.54, 1.807) is 0 Å². The fourth-order valence-electron chi connectivity index (χ4n) is 1.63. The zero-order valence-corrected chi connectivity index (χ0v) is 12.6. The van der Waals surface area contributed by atoms with Crippen LogP contribution in [0.2, 0.25) is 0 Å². The Labute approximate surface area is 121 Å². The number of carbonyl (C=O) groups is 1. The normalized spacial score (nSPS) is 12.2. The monoisotopic (exact) mass is 294 g/mol. The molecule has 108 valence electrons. The lowest BCUT2D eigenvalue weighted by molar-refractivity contribution is 0.0934. The molecule has 1 atom stereocenters. The number of nitrogens with one attached hydrogen (secondary N) is 2. The SMILES string of the molecule is CCCNc1nnc(C(=O)NC(C)c2ccc(C)o2)s1. The van der Waals surface area contributed by atoms with Crippen LogP contribution in [0.1, 0.15) is 47.6 Å². The van der Waals surface area contributed by atoms with Gasteiger partial charge >= 0.3 is 0 Å². The van der Waals surface area contributed by atoms with Gasteiger partial charge in [-0.25, -0.2) is 0 Å². The molecule has 0 aromatic carbocycles. The average molecular weight is 294 g/mol. The average Bonchev–Trinajstić information content (AvgIpc) is 3.05. The molecule has 0 spiro atoms. The first-order chi connectivity index (χ1) is 9.60. The van der Waals surface area contributed by atoms with Crippen LogP contribution in [0.3, 0.4) is 0 Å². The summed E-state index contributed by atoms with van der Waals surface area (Å²) in [6.07, 6.45) is 0.996. The number of carbonyl (C=O) groups excluding carboxylic acids is 1. The molecule has 0 fully saturated rings. The lowest BCUT2D eigenvalue weighted by Crippen LogP contribution is -2.26. The number of rotatable bonds is 6. The van der Waals surface area contributed by atoms with Gasteiger partial charge in [0, 0.05) is 6.54 Å². The highest BCUT2D eigenvalue weighted by Gasteiger charge is 2.17. The highest BCUT2D eigenvalue weighted by atomic mass is 32.1. The van der Waals surface area contributed by atoms with Crippen molar-refractivity contribution in [2.75, 3.05) is 11.9 Å². The number of aromatic nitrogens is 2. The van der Waals surface area contributed by atoms with Crippen molar-refractivity contribution in [3.8, 4) is 0 Å². The minimum Gasteiger partial charge on any atom is -0.464 e. The quantitative estimate of drug-likeness (QED) is 0.856. The van der Waals surface area contributed by atoms with Crippen LogP contribution in [0.25, 0.3) is 0 Å². The molecule has 0 radical (unpaired) electrons. The topological polar surface area (TPSA) is 80.0 Å². The highest BCUT2D eigenvalue weighted by Crippen LogP contribution is 2.18. The number of furan rings is 1. The highest BCUT2D eigenvalue weighted by molar-refractivity contribution is 7.17. The Bertz CT molecular complexity index is 578. The molecule has 2 heterocycles. The van der Waals surface area contributed by atoms with Gasteiger partial charge in [-0.15, -0.1) is 10.2 Å². The lowest BCUT2D eigenvalue weighted by Gasteiger charge is -2.09. The molecule has 7 heteroatoms. The second kappa shape index (κ2) is 6.51. The first kappa shape index (κ1) is 14.5. The van der Waals surface area contributed by atoms with Gasteiger partial charge in [0.25, 0.3) is 5.91 Å². The maximum absolute atomic E-state index is 12.0. The molecule has 1 unspecified atom stereocenters. The van der Waals surface area contributed by atoms with Crippen molar-refractivity contribution in [3.05, 3.63) is 28.7 Å². The lowest BCUT2D eigenvalue weighted by atomic mass is 10.2. The van der Waals surface area contributed by atoms with Crippen molar-refractivity contribution in [1.82, 2.24) is 15.5 Å². The predicted molar refractivity (Wildman–Crippen MR) is 78.0 cm³/mol. The summed E-state index contributed by atoms with van der Waals surface area (Å²) < 4.78 is 5.48. The molecule has 2 aromatic rings. The molecule has 0 aliphatic heterocycles. The van der Waals surface area contributed by atoms with Gasteiger partial charge < -0.3 is 15.1 Å². The summed E-state index contributed by atoms with van der Waals surface area (Å²) in [4.78, 5) is 12.0. The molecule has 2 rings (SSSR count). The van der Waals surface area contributed by atoms with E-state index in [4.69, 9.17) is 4.42 Å². The Hall–Kier alpha value is -1.89. The molecule has 20 heavy (non-hydrogen) atoms. The van der Waals surface area contributed by atoms with Crippen LogP contribution in [0, 0.1) is 6.92 Å². The van der Waals surface area contributed by atoms with Crippen LogP contribution in [0.5, 0.6) is 0 Å². The summed E-state index contributed by atoms with van der Waals surface area (Å²) in [5, 5.41) is 14.8. The van der Waals surface area contributed by atoms with Crippen LogP contribution >= 0.6 is 11.3 Å². The van der Waals surface area contributed by atoms with E-state index in [9.17, 15) is 4.79 Å². The van der Waals surface area contributed by atoms with Gasteiger partial charge in [-0.1, -0.05) is 18.3 Å². The van der Waals surface area contributed by atoms with Gasteiger partial charge in [-0.3, -0.25) is 4.79 Å². The summed E-state index contributed by atoms with van der Waals surface area (Å²) >= 11 is 1.25. The maximum Gasteiger partial charge on any atom is 0.282 e. The van der Waals surface area contributed by atoms with E-state index in [1.807, 2.05) is 26.0 Å². The number of hydrogen-bond acceptors (Lipinski definition) is 6. The second-order valence-electron chi connectivity index (χ2n) is 4.48. The van der Waals surface area contributed by atoms with Gasteiger partial charge in [0.1, 0.15) is 11.5 Å². The van der Waals surface area contributed by atoms with Crippen molar-refractivity contribution in [2.45, 2.75) is 33.2 Å². The molecule has 0 aliphatic carbocycles. The molecule has 0 saturated carbocycles. The summed E-state index contributed by atoms with van der Waals surface area (Å²) in [6.45, 7) is 6.62. The zero-order chi connectivity index (χ0) is 14.5. The third-order valence-electron chi connectivity index (χ3n) is 2.68. The largest absolute Gasteiger partial charge is 0.464 e. The third kappa shape index (κ3) is 3.57. The number of nitrogens with zero attached hydrogens (tertiary/aromatic N) is 2. The molecule has 2 N–H and O–H groups in total. The van der Waals surface area contributed by atoms with E-state index in [-0.39, 0.29) is 11.9 Å². The molecule has 0 aliphatic rings. The maximum atomic E-state index is 12.0. The Kier molecular flexibility index (Phi) is 4.73. The van der Waals surface area contributed by atoms with E-state index in [1.165, 1.54) is 11.3 Å². The molecular weight excluding hydrogens is 276 g/mol. The molecule has 2 aromatic heterocycles. The number of hydrogen-bond donors (Lipinski definition) is 2. The van der Waals surface area contributed by atoms with Crippen molar-refractivity contribution in [1.29, 1.82) is 0 Å². The van der Waals surface area contributed by atoms with Gasteiger partial charge in [0.15, 0.2) is 0 Å². The van der Waals surface area contributed by atoms with E-state index < -0.39 is 0 Å². The molecule has 6 nitrogen and oxygen atoms in total. The summed E-state index contributed by atoms with van der Waals surface area (Å²) in [5.74, 6) is 1.31. The standard InChI is InChI=1S/C13H18N4O2S/c1-4-7-14-13-17-16-12(20-13)11(18)15-9(3)10-6-5-8(2)19-10/h5-6,9H,4,7H2,1-3H3,(H,14,17)(H,15,18). The Morgan fingerprint density at radius 3 is 2.90 bits per heavy atom. The Balaban J connectivity index is 1.95. The fourth-order valence-corrected chi connectivity index (χ4v) is 2.31. The minimum atomic E-state index is -0.242. The van der Waals surface area contributed by atoms with Gasteiger partial charge in [-0.05, 0) is 32.4 Å². The predicted octanol–water partition coefficient (Wildman–Crippen LogP) is 2.75. The van der Waals surface area contributed by atoms with Crippen LogP contribution in [0.15, 0.2) is 16.5 Å². The summed E-state index contributed by atoms with van der Waals surface area (Å²) in [6, 6.07) is 3.52. The van der Waals surface area contributed by atoms with Gasteiger partial charge in [0.2, 0.25) is 10.1 Å². The smallest absolute Gasteiger partial charge is 0.282 e. The van der Waals surface area contributed by atoms with Gasteiger partial charge in [-0.2, -0.15) is 0 Å². The van der Waals surface area contributed by atoms with E-state index in [0.717, 1.165) is 24.5 Å². The number of amides is 1. The van der Waals surface area contributed by atoms with Crippen LogP contribution in [0.4, 0.5) is 5.13 Å². The van der Waals surface area contributed by atoms with Gasteiger partial charge in [0.05, 0.1) is 6.04 Å². The molecular formula is C13H18N4O2S. The van der Waals surface area contributed by atoms with E-state index in [2.05, 4.69) is 27.8 Å². The first-order valence-corrected chi connectivity index (χ1v) is 7.36. The Morgan fingerprint density at radius 1 is 1.45 bits per heavy atom. The summed E-state index contributed by atoms with van der Waals surface area (Å²) in [7, 11) is 0. The van der Waals surface area contributed by atoms with Crippen LogP contribution in [-0.4, -0.2) is 22.6 Å². The second-order valence-corrected chi connectivity index (χ2v) is 5.46. The zero-order valence-electron chi connectivity index (χ0n) is 11.8. The van der Waals surface area contributed by atoms with Crippen molar-refractivity contribution >= 4 is 22.4 Å². The molecule has 1 amide bonds. The van der Waals surface area contributed by atoms with Crippen molar-refractivity contribution in [2.24, 2.45) is 0 Å². The number of anilines is 1. The van der Waals surface area contributed by atoms with Crippen LogP contribution < -0.4 is 10.6 Å².